The number of aromatic nitrogens is 3. The molecule has 25 heavy (non-hydrogen) atoms. The maximum Gasteiger partial charge on any atom is 0.212 e. The molecule has 1 aliphatic heterocycles. The molecule has 1 aliphatic carbocycles. The third-order valence-corrected chi connectivity index (χ3v) is 5.15. The van der Waals surface area contributed by atoms with E-state index < -0.39 is 0 Å². The summed E-state index contributed by atoms with van der Waals surface area (Å²) in [6.07, 6.45) is 6.18. The van der Waals surface area contributed by atoms with Crippen LogP contribution in [0.25, 0.3) is 0 Å². The molecule has 0 amide bonds. The summed E-state index contributed by atoms with van der Waals surface area (Å²) in [5, 5.41) is 0. The van der Waals surface area contributed by atoms with E-state index in [1.165, 1.54) is 24.1 Å². The Morgan fingerprint density at radius 3 is 2.72 bits per heavy atom. The monoisotopic (exact) mass is 339 g/mol. The molecule has 4 rings (SSSR count). The van der Waals surface area contributed by atoms with Crippen LogP contribution in [-0.2, 0) is 6.54 Å². The lowest BCUT2D eigenvalue weighted by Gasteiger charge is -2.40. The van der Waals surface area contributed by atoms with Gasteiger partial charge in [-0.2, -0.15) is 0 Å². The summed E-state index contributed by atoms with van der Waals surface area (Å²) in [4.78, 5) is 18.1. The first kappa shape index (κ1) is 16.3. The van der Waals surface area contributed by atoms with Crippen LogP contribution in [0.15, 0.2) is 30.7 Å². The first-order valence-electron chi connectivity index (χ1n) is 9.03. The van der Waals surface area contributed by atoms with Crippen molar-refractivity contribution in [2.75, 3.05) is 31.6 Å². The Balaban J connectivity index is 1.38. The lowest BCUT2D eigenvalue weighted by molar-refractivity contribution is 0.180. The van der Waals surface area contributed by atoms with Gasteiger partial charge in [-0.1, -0.05) is 6.07 Å². The van der Waals surface area contributed by atoms with Gasteiger partial charge in [0.15, 0.2) is 0 Å². The van der Waals surface area contributed by atoms with Crippen LogP contribution in [0.3, 0.4) is 0 Å². The molecule has 2 aromatic heterocycles. The minimum atomic E-state index is 0.468. The van der Waals surface area contributed by atoms with E-state index in [0.717, 1.165) is 32.0 Å². The molecule has 1 unspecified atom stereocenters. The molecule has 0 radical (unpaired) electrons. The molecule has 2 fully saturated rings. The predicted octanol–water partition coefficient (Wildman–Crippen LogP) is 2.47. The van der Waals surface area contributed by atoms with E-state index in [4.69, 9.17) is 4.74 Å². The Labute approximate surface area is 148 Å². The third-order valence-electron chi connectivity index (χ3n) is 5.15. The van der Waals surface area contributed by atoms with Crippen molar-refractivity contribution in [2.45, 2.75) is 38.3 Å². The lowest BCUT2D eigenvalue weighted by Crippen LogP contribution is -2.51. The lowest BCUT2D eigenvalue weighted by atomic mass is 10.1. The highest BCUT2D eigenvalue weighted by atomic mass is 16.5. The van der Waals surface area contributed by atoms with Crippen LogP contribution in [0.1, 0.15) is 36.9 Å². The largest absolute Gasteiger partial charge is 0.481 e. The van der Waals surface area contributed by atoms with Crippen LogP contribution >= 0.6 is 0 Å². The highest BCUT2D eigenvalue weighted by Crippen LogP contribution is 2.39. The predicted molar refractivity (Wildman–Crippen MR) is 96.9 cm³/mol. The second kappa shape index (κ2) is 6.96. The number of ether oxygens (including phenoxy) is 1. The molecule has 0 bridgehead atoms. The Hall–Kier alpha value is -2.21. The average molecular weight is 339 g/mol. The summed E-state index contributed by atoms with van der Waals surface area (Å²) in [7, 11) is 1.64. The van der Waals surface area contributed by atoms with Gasteiger partial charge in [0.25, 0.3) is 0 Å². The quantitative estimate of drug-likeness (QED) is 0.834. The van der Waals surface area contributed by atoms with Crippen molar-refractivity contribution in [2.24, 2.45) is 0 Å². The van der Waals surface area contributed by atoms with Crippen LogP contribution in [0.2, 0.25) is 0 Å². The summed E-state index contributed by atoms with van der Waals surface area (Å²) in [5.41, 5.74) is 2.43. The average Bonchev–Trinajstić information content (AvgIpc) is 3.49. The molecule has 0 spiro atoms. The molecule has 3 heterocycles. The highest BCUT2D eigenvalue weighted by molar-refractivity contribution is 5.41. The molecule has 6 heteroatoms. The summed E-state index contributed by atoms with van der Waals surface area (Å²) in [6.45, 7) is 6.21. The Bertz CT molecular complexity index is 716. The van der Waals surface area contributed by atoms with Gasteiger partial charge in [-0.05, 0) is 25.3 Å². The van der Waals surface area contributed by atoms with E-state index in [1.54, 1.807) is 13.4 Å². The minimum Gasteiger partial charge on any atom is -0.481 e. The first-order valence-corrected chi connectivity index (χ1v) is 9.03. The molecule has 0 aromatic carbocycles. The maximum absolute atomic E-state index is 5.13. The van der Waals surface area contributed by atoms with Gasteiger partial charge in [0, 0.05) is 62.2 Å². The van der Waals surface area contributed by atoms with Crippen molar-refractivity contribution in [3.8, 4) is 5.88 Å². The van der Waals surface area contributed by atoms with Gasteiger partial charge in [-0.25, -0.2) is 15.0 Å². The topological polar surface area (TPSA) is 54.4 Å². The molecular formula is C19H25N5O. The minimum absolute atomic E-state index is 0.468. The first-order chi connectivity index (χ1) is 12.2. The van der Waals surface area contributed by atoms with Crippen LogP contribution in [0.4, 0.5) is 5.82 Å². The second-order valence-electron chi connectivity index (χ2n) is 7.05. The van der Waals surface area contributed by atoms with Gasteiger partial charge in [-0.3, -0.25) is 4.90 Å². The fourth-order valence-electron chi connectivity index (χ4n) is 3.43. The zero-order chi connectivity index (χ0) is 17.2. The van der Waals surface area contributed by atoms with Crippen molar-refractivity contribution in [1.29, 1.82) is 0 Å². The number of piperazine rings is 1. The number of pyridine rings is 1. The molecule has 6 nitrogen and oxygen atoms in total. The molecule has 2 aromatic rings. The van der Waals surface area contributed by atoms with Gasteiger partial charge in [0.2, 0.25) is 5.88 Å². The van der Waals surface area contributed by atoms with E-state index >= 15 is 0 Å². The zero-order valence-corrected chi connectivity index (χ0v) is 14.9. The fraction of sp³-hybridized carbons (Fsp3) is 0.526. The molecule has 1 atom stereocenters. The number of hydrogen-bond acceptors (Lipinski definition) is 6. The number of methoxy groups -OCH3 is 1. The normalized spacial score (nSPS) is 21.4. The van der Waals surface area contributed by atoms with Gasteiger partial charge in [0.05, 0.1) is 7.11 Å². The van der Waals surface area contributed by atoms with Gasteiger partial charge in [-0.15, -0.1) is 0 Å². The summed E-state index contributed by atoms with van der Waals surface area (Å²) >= 11 is 0. The van der Waals surface area contributed by atoms with E-state index in [9.17, 15) is 0 Å². The third kappa shape index (κ3) is 3.74. The molecular weight excluding hydrogens is 314 g/mol. The van der Waals surface area contributed by atoms with E-state index in [0.29, 0.717) is 17.8 Å². The Morgan fingerprint density at radius 1 is 1.16 bits per heavy atom. The van der Waals surface area contributed by atoms with Crippen LogP contribution in [-0.4, -0.2) is 52.6 Å². The van der Waals surface area contributed by atoms with Crippen LogP contribution in [0, 0.1) is 0 Å². The van der Waals surface area contributed by atoms with Crippen molar-refractivity contribution in [1.82, 2.24) is 19.9 Å². The number of hydrogen-bond donors (Lipinski definition) is 0. The molecule has 1 saturated heterocycles. The Kier molecular flexibility index (Phi) is 4.53. The summed E-state index contributed by atoms with van der Waals surface area (Å²) < 4.78 is 5.13. The van der Waals surface area contributed by atoms with E-state index in [1.807, 2.05) is 12.3 Å². The smallest absolute Gasteiger partial charge is 0.212 e. The van der Waals surface area contributed by atoms with Crippen molar-refractivity contribution < 1.29 is 4.74 Å². The van der Waals surface area contributed by atoms with Crippen molar-refractivity contribution in [3.05, 3.63) is 42.0 Å². The van der Waals surface area contributed by atoms with E-state index in [2.05, 4.69) is 43.8 Å². The van der Waals surface area contributed by atoms with Gasteiger partial charge in [0.1, 0.15) is 12.1 Å². The zero-order valence-electron chi connectivity index (χ0n) is 14.9. The summed E-state index contributed by atoms with van der Waals surface area (Å²) in [6, 6.07) is 6.68. The second-order valence-corrected chi connectivity index (χ2v) is 7.05. The molecule has 132 valence electrons. The van der Waals surface area contributed by atoms with Crippen LogP contribution < -0.4 is 9.64 Å². The molecule has 2 aliphatic rings. The maximum atomic E-state index is 5.13. The molecule has 0 N–H and O–H groups in total. The van der Waals surface area contributed by atoms with Crippen molar-refractivity contribution >= 4 is 5.82 Å². The standard InChI is InChI=1S/C19H25N5O/c1-14-11-24(18-9-17(16-4-5-16)21-13-22-18)8-7-23(14)12-15-3-6-19(25-2)20-10-15/h3,6,9-10,13-14,16H,4-5,7-8,11-12H2,1-2H3. The SMILES string of the molecule is COc1ccc(CN2CCN(c3cc(C4CC4)ncn3)CC2C)cn1. The number of rotatable bonds is 5. The van der Waals surface area contributed by atoms with Gasteiger partial charge >= 0.3 is 0 Å². The Morgan fingerprint density at radius 2 is 2.04 bits per heavy atom. The van der Waals surface area contributed by atoms with E-state index in [-0.39, 0.29) is 0 Å². The number of anilines is 1. The van der Waals surface area contributed by atoms with Crippen LogP contribution in [0.5, 0.6) is 5.88 Å². The molecule has 1 saturated carbocycles. The highest BCUT2D eigenvalue weighted by Gasteiger charge is 2.28. The number of nitrogens with zero attached hydrogens (tertiary/aromatic N) is 5. The van der Waals surface area contributed by atoms with Gasteiger partial charge < -0.3 is 9.64 Å². The summed E-state index contributed by atoms with van der Waals surface area (Å²) in [5.74, 6) is 2.41. The fourth-order valence-corrected chi connectivity index (χ4v) is 3.43. The van der Waals surface area contributed by atoms with Crippen molar-refractivity contribution in [3.63, 3.8) is 0 Å².